The second kappa shape index (κ2) is 11.1. The maximum atomic E-state index is 5.58. The molecule has 0 unspecified atom stereocenters. The van der Waals surface area contributed by atoms with E-state index in [0.29, 0.717) is 0 Å². The van der Waals surface area contributed by atoms with Gasteiger partial charge < -0.3 is 4.74 Å². The highest BCUT2D eigenvalue weighted by molar-refractivity contribution is 5.30. The highest BCUT2D eigenvalue weighted by atomic mass is 16.5. The lowest BCUT2D eigenvalue weighted by Crippen LogP contribution is -1.81. The molecular formula is C19H26O. The van der Waals surface area contributed by atoms with Crippen LogP contribution in [0.1, 0.15) is 46.0 Å². The highest BCUT2D eigenvalue weighted by Crippen LogP contribution is 2.19. The quantitative estimate of drug-likeness (QED) is 0.548. The van der Waals surface area contributed by atoms with E-state index in [9.17, 15) is 0 Å². The van der Waals surface area contributed by atoms with Crippen LogP contribution in [-0.2, 0) is 0 Å². The van der Waals surface area contributed by atoms with Gasteiger partial charge >= 0.3 is 0 Å². The molecule has 0 saturated carbocycles. The van der Waals surface area contributed by atoms with Gasteiger partial charge in [0.2, 0.25) is 0 Å². The lowest BCUT2D eigenvalue weighted by molar-refractivity contribution is 0.482. The summed E-state index contributed by atoms with van der Waals surface area (Å²) >= 11 is 0. The van der Waals surface area contributed by atoms with Crippen molar-refractivity contribution < 1.29 is 4.74 Å². The van der Waals surface area contributed by atoms with Crippen molar-refractivity contribution in [3.63, 3.8) is 0 Å². The third-order valence-corrected chi connectivity index (χ3v) is 2.93. The Bertz CT molecular complexity index is 381. The minimum absolute atomic E-state index is 0.869. The van der Waals surface area contributed by atoms with Gasteiger partial charge in [-0.3, -0.25) is 0 Å². The van der Waals surface area contributed by atoms with Crippen LogP contribution in [0.4, 0.5) is 0 Å². The molecule has 0 N–H and O–H groups in total. The summed E-state index contributed by atoms with van der Waals surface area (Å²) in [6, 6.07) is 19.5. The fraction of sp³-hybridized carbons (Fsp3) is 0.368. The first-order valence-corrected chi connectivity index (χ1v) is 7.64. The Morgan fingerprint density at radius 1 is 0.600 bits per heavy atom. The molecule has 0 atom stereocenters. The predicted octanol–water partition coefficient (Wildman–Crippen LogP) is 6.46. The topological polar surface area (TPSA) is 9.23 Å². The summed E-state index contributed by atoms with van der Waals surface area (Å²) in [7, 11) is 0. The molecule has 0 fully saturated rings. The summed E-state index contributed by atoms with van der Waals surface area (Å²) < 4.78 is 5.58. The molecular weight excluding hydrogens is 244 g/mol. The molecule has 0 spiro atoms. The molecule has 0 bridgehead atoms. The maximum Gasteiger partial charge on any atom is 0.127 e. The van der Waals surface area contributed by atoms with Gasteiger partial charge in [0.15, 0.2) is 0 Å². The molecule has 0 heterocycles. The van der Waals surface area contributed by atoms with Gasteiger partial charge in [0.05, 0.1) is 0 Å². The Labute approximate surface area is 123 Å². The van der Waals surface area contributed by atoms with Crippen LogP contribution in [0.5, 0.6) is 11.5 Å². The monoisotopic (exact) mass is 270 g/mol. The van der Waals surface area contributed by atoms with Gasteiger partial charge in [-0.1, -0.05) is 82.3 Å². The van der Waals surface area contributed by atoms with Gasteiger partial charge in [0.25, 0.3) is 0 Å². The van der Waals surface area contributed by atoms with E-state index < -0.39 is 0 Å². The van der Waals surface area contributed by atoms with Gasteiger partial charge in [-0.25, -0.2) is 0 Å². The number of benzene rings is 2. The molecule has 1 heteroatoms. The lowest BCUT2D eigenvalue weighted by Gasteiger charge is -2.03. The summed E-state index contributed by atoms with van der Waals surface area (Å²) in [5.41, 5.74) is 0. The fourth-order valence-electron chi connectivity index (χ4n) is 1.79. The zero-order chi connectivity index (χ0) is 14.5. The average molecular weight is 270 g/mol. The Morgan fingerprint density at radius 2 is 1.00 bits per heavy atom. The number of hydrogen-bond acceptors (Lipinski definition) is 1. The molecule has 1 nitrogen and oxygen atoms in total. The molecule has 0 aliphatic heterocycles. The Balaban J connectivity index is 0.000000246. The number of rotatable bonds is 6. The zero-order valence-corrected chi connectivity index (χ0v) is 12.7. The lowest BCUT2D eigenvalue weighted by atomic mass is 10.2. The van der Waals surface area contributed by atoms with Gasteiger partial charge in [-0.2, -0.15) is 0 Å². The van der Waals surface area contributed by atoms with E-state index in [-0.39, 0.29) is 0 Å². The molecule has 0 amide bonds. The zero-order valence-electron chi connectivity index (χ0n) is 12.7. The van der Waals surface area contributed by atoms with Gasteiger partial charge in [0.1, 0.15) is 11.5 Å². The Kier molecular flexibility index (Phi) is 9.04. The largest absolute Gasteiger partial charge is 0.457 e. The third-order valence-electron chi connectivity index (χ3n) is 2.93. The van der Waals surface area contributed by atoms with E-state index in [1.807, 2.05) is 60.7 Å². The number of ether oxygens (including phenoxy) is 1. The first-order chi connectivity index (χ1) is 9.86. The molecule has 0 saturated heterocycles. The van der Waals surface area contributed by atoms with E-state index in [2.05, 4.69) is 13.8 Å². The van der Waals surface area contributed by atoms with Crippen LogP contribution < -0.4 is 4.74 Å². The second-order valence-corrected chi connectivity index (χ2v) is 4.79. The summed E-state index contributed by atoms with van der Waals surface area (Å²) in [6.07, 6.45) is 7.01. The summed E-state index contributed by atoms with van der Waals surface area (Å²) in [5, 5.41) is 0. The van der Waals surface area contributed by atoms with Crippen molar-refractivity contribution in [3.8, 4) is 11.5 Å². The normalized spacial score (nSPS) is 9.50. The van der Waals surface area contributed by atoms with Crippen molar-refractivity contribution in [2.24, 2.45) is 0 Å². The molecule has 0 radical (unpaired) electrons. The van der Waals surface area contributed by atoms with Crippen molar-refractivity contribution in [3.05, 3.63) is 60.7 Å². The van der Waals surface area contributed by atoms with Crippen LogP contribution in [0.15, 0.2) is 60.7 Å². The van der Waals surface area contributed by atoms with Crippen molar-refractivity contribution in [2.45, 2.75) is 46.0 Å². The number of para-hydroxylation sites is 2. The maximum absolute atomic E-state index is 5.58. The Hall–Kier alpha value is -1.76. The predicted molar refractivity (Wildman–Crippen MR) is 87.4 cm³/mol. The van der Waals surface area contributed by atoms with Crippen LogP contribution in [0, 0.1) is 0 Å². The first-order valence-electron chi connectivity index (χ1n) is 7.64. The smallest absolute Gasteiger partial charge is 0.127 e. The minimum atomic E-state index is 0.869. The molecule has 0 aliphatic rings. The molecule has 0 aliphatic carbocycles. The Morgan fingerprint density at radius 3 is 1.35 bits per heavy atom. The number of unbranched alkanes of at least 4 members (excludes halogenated alkanes) is 4. The van der Waals surface area contributed by atoms with E-state index >= 15 is 0 Å². The minimum Gasteiger partial charge on any atom is -0.457 e. The van der Waals surface area contributed by atoms with Crippen LogP contribution >= 0.6 is 0 Å². The summed E-state index contributed by atoms with van der Waals surface area (Å²) in [4.78, 5) is 0. The summed E-state index contributed by atoms with van der Waals surface area (Å²) in [6.45, 7) is 4.49. The van der Waals surface area contributed by atoms with Gasteiger partial charge in [0, 0.05) is 0 Å². The van der Waals surface area contributed by atoms with E-state index in [1.54, 1.807) is 0 Å². The molecule has 0 aromatic heterocycles. The average Bonchev–Trinajstić information content (AvgIpc) is 2.51. The highest BCUT2D eigenvalue weighted by Gasteiger charge is 1.92. The van der Waals surface area contributed by atoms with Crippen molar-refractivity contribution in [1.29, 1.82) is 0 Å². The van der Waals surface area contributed by atoms with Gasteiger partial charge in [-0.05, 0) is 24.3 Å². The molecule has 108 valence electrons. The molecule has 2 aromatic carbocycles. The van der Waals surface area contributed by atoms with Crippen molar-refractivity contribution in [2.75, 3.05) is 0 Å². The van der Waals surface area contributed by atoms with E-state index in [0.717, 1.165) is 11.5 Å². The van der Waals surface area contributed by atoms with E-state index in [4.69, 9.17) is 4.74 Å². The van der Waals surface area contributed by atoms with Crippen molar-refractivity contribution >= 4 is 0 Å². The van der Waals surface area contributed by atoms with Crippen LogP contribution in [0.25, 0.3) is 0 Å². The van der Waals surface area contributed by atoms with Gasteiger partial charge in [-0.15, -0.1) is 0 Å². The van der Waals surface area contributed by atoms with Crippen LogP contribution in [0.3, 0.4) is 0 Å². The van der Waals surface area contributed by atoms with Crippen molar-refractivity contribution in [1.82, 2.24) is 0 Å². The van der Waals surface area contributed by atoms with Crippen LogP contribution in [-0.4, -0.2) is 0 Å². The molecule has 20 heavy (non-hydrogen) atoms. The fourth-order valence-corrected chi connectivity index (χ4v) is 1.79. The SMILES string of the molecule is CCCCCCC.c1ccc(Oc2ccccc2)cc1. The molecule has 2 aromatic rings. The molecule has 2 rings (SSSR count). The first kappa shape index (κ1) is 16.3. The standard InChI is InChI=1S/C12H10O.C7H16/c1-3-7-11(8-4-1)13-12-9-5-2-6-10-12;1-3-5-7-6-4-2/h1-10H;3-7H2,1-2H3. The second-order valence-electron chi connectivity index (χ2n) is 4.79. The summed E-state index contributed by atoms with van der Waals surface area (Å²) in [5.74, 6) is 1.74. The third kappa shape index (κ3) is 7.63. The van der Waals surface area contributed by atoms with Crippen LogP contribution in [0.2, 0.25) is 0 Å². The van der Waals surface area contributed by atoms with E-state index in [1.165, 1.54) is 32.1 Å². The number of hydrogen-bond donors (Lipinski definition) is 0.